The molecule has 0 aromatic heterocycles. The number of benzene rings is 1. The number of carbonyl (C=O) groups excluding carboxylic acids is 1. The highest BCUT2D eigenvalue weighted by atomic mass is 16.1. The summed E-state index contributed by atoms with van der Waals surface area (Å²) in [7, 11) is 0. The molecule has 0 spiro atoms. The molecule has 1 aliphatic carbocycles. The number of nitrogens with zero attached hydrogens (tertiary/aromatic N) is 1. The lowest BCUT2D eigenvalue weighted by Gasteiger charge is -2.14. The van der Waals surface area contributed by atoms with Crippen molar-refractivity contribution < 1.29 is 4.79 Å². The van der Waals surface area contributed by atoms with Gasteiger partial charge in [0.25, 0.3) is 0 Å². The summed E-state index contributed by atoms with van der Waals surface area (Å²) in [5.74, 6) is -0.236. The molecule has 17 heavy (non-hydrogen) atoms. The fourth-order valence-corrected chi connectivity index (χ4v) is 1.68. The summed E-state index contributed by atoms with van der Waals surface area (Å²) in [6.07, 6.45) is 1.68. The van der Waals surface area contributed by atoms with Gasteiger partial charge in [-0.05, 0) is 18.6 Å². The Morgan fingerprint density at radius 3 is 2.65 bits per heavy atom. The van der Waals surface area contributed by atoms with Gasteiger partial charge in [0, 0.05) is 11.1 Å². The predicted octanol–water partition coefficient (Wildman–Crippen LogP) is 1.02. The minimum absolute atomic E-state index is 0.00220. The first-order valence-corrected chi connectivity index (χ1v) is 5.09. The standard InChI is InChI=1S/C12H12N4O/c1-7-6-10(15-16-12(13)14)8-4-2-3-5-9(8)11(7)17/h2-6H,1H3,(H4,13,14,16). The number of hydrogen-bond acceptors (Lipinski definition) is 3. The molecule has 5 heteroatoms. The van der Waals surface area contributed by atoms with Crippen molar-refractivity contribution in [1.82, 2.24) is 5.43 Å². The molecule has 1 aromatic rings. The zero-order valence-corrected chi connectivity index (χ0v) is 9.32. The smallest absolute Gasteiger partial charge is 0.206 e. The molecule has 1 aromatic carbocycles. The highest BCUT2D eigenvalue weighted by Crippen LogP contribution is 2.20. The van der Waals surface area contributed by atoms with Crippen LogP contribution in [0.1, 0.15) is 22.8 Å². The van der Waals surface area contributed by atoms with Gasteiger partial charge in [-0.25, -0.2) is 5.43 Å². The van der Waals surface area contributed by atoms with E-state index in [9.17, 15) is 4.79 Å². The van der Waals surface area contributed by atoms with Crippen LogP contribution in [0.25, 0.3) is 0 Å². The molecule has 86 valence electrons. The van der Waals surface area contributed by atoms with Gasteiger partial charge in [-0.2, -0.15) is 5.10 Å². The molecule has 0 saturated heterocycles. The van der Waals surface area contributed by atoms with E-state index in [0.717, 1.165) is 5.56 Å². The number of Topliss-reactive ketones (excluding diaryl/α,β-unsaturated/α-hetero) is 1. The Morgan fingerprint density at radius 2 is 2.00 bits per heavy atom. The number of guanidine groups is 1. The molecule has 5 nitrogen and oxygen atoms in total. The summed E-state index contributed by atoms with van der Waals surface area (Å²) >= 11 is 0. The van der Waals surface area contributed by atoms with Gasteiger partial charge in [0.1, 0.15) is 0 Å². The van der Waals surface area contributed by atoms with E-state index in [4.69, 9.17) is 11.1 Å². The maximum Gasteiger partial charge on any atom is 0.206 e. The van der Waals surface area contributed by atoms with Gasteiger partial charge in [0.15, 0.2) is 5.78 Å². The third-order valence-corrected chi connectivity index (χ3v) is 2.46. The van der Waals surface area contributed by atoms with Gasteiger partial charge in [0.2, 0.25) is 5.96 Å². The summed E-state index contributed by atoms with van der Waals surface area (Å²) in [6, 6.07) is 7.23. The first-order chi connectivity index (χ1) is 8.09. The van der Waals surface area contributed by atoms with Crippen LogP contribution in [0.3, 0.4) is 0 Å². The van der Waals surface area contributed by atoms with Gasteiger partial charge in [-0.1, -0.05) is 24.3 Å². The van der Waals surface area contributed by atoms with Crippen LogP contribution < -0.4 is 11.2 Å². The molecule has 0 heterocycles. The first kappa shape index (κ1) is 11.1. The van der Waals surface area contributed by atoms with Crippen molar-refractivity contribution in [3.63, 3.8) is 0 Å². The number of carbonyl (C=O) groups is 1. The van der Waals surface area contributed by atoms with Gasteiger partial charge in [0.05, 0.1) is 5.71 Å². The van der Waals surface area contributed by atoms with Crippen LogP contribution in [0, 0.1) is 5.41 Å². The van der Waals surface area contributed by atoms with Crippen LogP contribution in [0.2, 0.25) is 0 Å². The van der Waals surface area contributed by atoms with Gasteiger partial charge >= 0.3 is 0 Å². The van der Waals surface area contributed by atoms with E-state index in [1.807, 2.05) is 18.2 Å². The monoisotopic (exact) mass is 228 g/mol. The lowest BCUT2D eigenvalue weighted by molar-refractivity contribution is 0.103. The number of fused-ring (bicyclic) bond motifs is 1. The number of nitrogens with two attached hydrogens (primary N) is 1. The normalized spacial score (nSPS) is 16.4. The number of allylic oxidation sites excluding steroid dienone is 2. The molecule has 0 bridgehead atoms. The predicted molar refractivity (Wildman–Crippen MR) is 66.1 cm³/mol. The number of nitrogens with one attached hydrogen (secondary N) is 2. The van der Waals surface area contributed by atoms with Gasteiger partial charge < -0.3 is 5.73 Å². The van der Waals surface area contributed by atoms with E-state index in [1.54, 1.807) is 19.1 Å². The molecule has 1 aliphatic rings. The van der Waals surface area contributed by atoms with Crippen molar-refractivity contribution >= 4 is 17.5 Å². The van der Waals surface area contributed by atoms with Crippen LogP contribution in [0.15, 0.2) is 41.0 Å². The van der Waals surface area contributed by atoms with E-state index in [0.29, 0.717) is 16.8 Å². The van der Waals surface area contributed by atoms with E-state index < -0.39 is 0 Å². The summed E-state index contributed by atoms with van der Waals surface area (Å²) in [5, 5.41) is 11.1. The third kappa shape index (κ3) is 2.08. The van der Waals surface area contributed by atoms with E-state index in [1.165, 1.54) is 0 Å². The minimum Gasteiger partial charge on any atom is -0.369 e. The maximum atomic E-state index is 11.9. The minimum atomic E-state index is -0.238. The molecule has 0 aliphatic heterocycles. The average Bonchev–Trinajstić information content (AvgIpc) is 2.32. The summed E-state index contributed by atoms with van der Waals surface area (Å²) < 4.78 is 0. The highest BCUT2D eigenvalue weighted by Gasteiger charge is 2.21. The number of hydrazone groups is 1. The second-order valence-electron chi connectivity index (χ2n) is 3.72. The number of ketones is 1. The zero-order chi connectivity index (χ0) is 12.4. The van der Waals surface area contributed by atoms with E-state index in [2.05, 4.69) is 10.5 Å². The maximum absolute atomic E-state index is 11.9. The lowest BCUT2D eigenvalue weighted by Crippen LogP contribution is -2.27. The van der Waals surface area contributed by atoms with Crippen molar-refractivity contribution in [2.75, 3.05) is 0 Å². The van der Waals surface area contributed by atoms with E-state index in [-0.39, 0.29) is 11.7 Å². The third-order valence-electron chi connectivity index (χ3n) is 2.46. The van der Waals surface area contributed by atoms with Crippen molar-refractivity contribution in [2.24, 2.45) is 10.8 Å². The molecular formula is C12H12N4O. The SMILES string of the molecule is CC1=CC(=NNC(=N)N)c2ccccc2C1=O. The average molecular weight is 228 g/mol. The summed E-state index contributed by atoms with van der Waals surface area (Å²) in [4.78, 5) is 11.9. The van der Waals surface area contributed by atoms with Gasteiger partial charge in [-0.15, -0.1) is 0 Å². The largest absolute Gasteiger partial charge is 0.369 e. The van der Waals surface area contributed by atoms with Gasteiger partial charge in [-0.3, -0.25) is 10.2 Å². The van der Waals surface area contributed by atoms with Crippen LogP contribution in [0.4, 0.5) is 0 Å². The van der Waals surface area contributed by atoms with Crippen LogP contribution in [0.5, 0.6) is 0 Å². The second kappa shape index (κ2) is 4.21. The van der Waals surface area contributed by atoms with E-state index >= 15 is 0 Å². The van der Waals surface area contributed by atoms with Crippen molar-refractivity contribution in [1.29, 1.82) is 5.41 Å². The topological polar surface area (TPSA) is 91.3 Å². The lowest BCUT2D eigenvalue weighted by atomic mass is 9.90. The molecule has 0 atom stereocenters. The molecule has 0 saturated carbocycles. The molecule has 2 rings (SSSR count). The molecule has 0 unspecified atom stereocenters. The molecule has 0 fully saturated rings. The van der Waals surface area contributed by atoms with Crippen molar-refractivity contribution in [2.45, 2.75) is 6.92 Å². The quantitative estimate of drug-likeness (QED) is 0.380. The Balaban J connectivity index is 2.50. The molecule has 0 amide bonds. The van der Waals surface area contributed by atoms with Crippen LogP contribution in [-0.4, -0.2) is 17.5 Å². The fourth-order valence-electron chi connectivity index (χ4n) is 1.68. The molecule has 0 radical (unpaired) electrons. The molecular weight excluding hydrogens is 216 g/mol. The number of rotatable bonds is 1. The highest BCUT2D eigenvalue weighted by molar-refractivity contribution is 6.26. The Bertz CT molecular complexity index is 557. The summed E-state index contributed by atoms with van der Waals surface area (Å²) in [6.45, 7) is 1.74. The Hall–Kier alpha value is -2.43. The molecule has 4 N–H and O–H groups in total. The van der Waals surface area contributed by atoms with Crippen molar-refractivity contribution in [3.05, 3.63) is 47.0 Å². The Labute approximate surface area is 98.5 Å². The van der Waals surface area contributed by atoms with Crippen LogP contribution in [-0.2, 0) is 0 Å². The second-order valence-corrected chi connectivity index (χ2v) is 3.72. The van der Waals surface area contributed by atoms with Crippen LogP contribution >= 0.6 is 0 Å². The first-order valence-electron chi connectivity index (χ1n) is 5.09. The van der Waals surface area contributed by atoms with Crippen molar-refractivity contribution in [3.8, 4) is 0 Å². The Kier molecular flexibility index (Phi) is 2.74. The summed E-state index contributed by atoms with van der Waals surface area (Å²) in [5.41, 5.74) is 10.1. The zero-order valence-electron chi connectivity index (χ0n) is 9.32. The number of hydrogen-bond donors (Lipinski definition) is 3. The Morgan fingerprint density at radius 1 is 1.35 bits per heavy atom. The fraction of sp³-hybridized carbons (Fsp3) is 0.0833.